The van der Waals surface area contributed by atoms with Gasteiger partial charge < -0.3 is 19.9 Å². The molecule has 10 heteroatoms. The Morgan fingerprint density at radius 1 is 0.909 bits per heavy atom. The highest BCUT2D eigenvalue weighted by molar-refractivity contribution is 6.31. The number of benzene rings is 3. The van der Waals surface area contributed by atoms with Gasteiger partial charge in [-0.2, -0.15) is 13.2 Å². The number of carbonyl (C=O) groups is 1. The molecule has 4 aromatic rings. The molecule has 230 valence electrons. The van der Waals surface area contributed by atoms with Crippen molar-refractivity contribution in [3.05, 3.63) is 95.0 Å². The van der Waals surface area contributed by atoms with Crippen molar-refractivity contribution in [2.45, 2.75) is 37.3 Å². The SMILES string of the molecule is O=C(NCC(F)(F)F)C1(CCCCN2CCCN(c3ccc4cc(Cl)ccc4n3)CC2)c2ccccc2Oc2ccccc21. The topological polar surface area (TPSA) is 57.7 Å². The van der Waals surface area contributed by atoms with Crippen LogP contribution in [0.15, 0.2) is 78.9 Å². The number of hydrogen-bond donors (Lipinski definition) is 1. The van der Waals surface area contributed by atoms with Gasteiger partial charge in [0.05, 0.1) is 5.52 Å². The number of fused-ring (bicyclic) bond motifs is 3. The van der Waals surface area contributed by atoms with Crippen LogP contribution in [0.4, 0.5) is 19.0 Å². The van der Waals surface area contributed by atoms with Gasteiger partial charge in [0, 0.05) is 41.2 Å². The first-order valence-electron chi connectivity index (χ1n) is 15.0. The normalized spacial score (nSPS) is 16.5. The smallest absolute Gasteiger partial charge is 0.405 e. The number of amides is 1. The number of unbranched alkanes of at least 4 members (excludes halogenated alkanes) is 1. The third kappa shape index (κ3) is 6.35. The van der Waals surface area contributed by atoms with Gasteiger partial charge >= 0.3 is 6.18 Å². The minimum absolute atomic E-state index is 0.360. The number of para-hydroxylation sites is 2. The van der Waals surface area contributed by atoms with Gasteiger partial charge in [0.2, 0.25) is 5.91 Å². The summed E-state index contributed by atoms with van der Waals surface area (Å²) in [4.78, 5) is 23.4. The van der Waals surface area contributed by atoms with Crippen molar-refractivity contribution in [2.75, 3.05) is 44.2 Å². The van der Waals surface area contributed by atoms with Gasteiger partial charge in [0.15, 0.2) is 0 Å². The van der Waals surface area contributed by atoms with Gasteiger partial charge in [-0.15, -0.1) is 0 Å². The second kappa shape index (κ2) is 12.7. The molecule has 1 N–H and O–H groups in total. The molecule has 6 nitrogen and oxygen atoms in total. The molecule has 1 aromatic heterocycles. The summed E-state index contributed by atoms with van der Waals surface area (Å²) in [6.07, 6.45) is -1.72. The van der Waals surface area contributed by atoms with E-state index in [1.165, 1.54) is 0 Å². The first-order chi connectivity index (χ1) is 21.2. The van der Waals surface area contributed by atoms with E-state index in [1.54, 1.807) is 48.5 Å². The zero-order valence-electron chi connectivity index (χ0n) is 24.2. The number of nitrogens with zero attached hydrogens (tertiary/aromatic N) is 3. The Kier molecular flexibility index (Phi) is 8.69. The Labute approximate surface area is 259 Å². The molecule has 3 aromatic carbocycles. The highest BCUT2D eigenvalue weighted by Gasteiger charge is 2.48. The minimum atomic E-state index is -4.52. The van der Waals surface area contributed by atoms with Crippen molar-refractivity contribution < 1.29 is 22.7 Å². The number of pyridine rings is 1. The molecule has 0 unspecified atom stereocenters. The monoisotopic (exact) mass is 622 g/mol. The van der Waals surface area contributed by atoms with E-state index in [9.17, 15) is 18.0 Å². The Hall–Kier alpha value is -3.82. The number of aromatic nitrogens is 1. The Morgan fingerprint density at radius 3 is 2.36 bits per heavy atom. The van der Waals surface area contributed by atoms with Crippen molar-refractivity contribution in [1.29, 1.82) is 0 Å². The van der Waals surface area contributed by atoms with Gasteiger partial charge in [0.1, 0.15) is 29.3 Å². The van der Waals surface area contributed by atoms with Crippen molar-refractivity contribution in [3.8, 4) is 11.5 Å². The summed E-state index contributed by atoms with van der Waals surface area (Å²) in [6, 6.07) is 24.1. The second-order valence-electron chi connectivity index (χ2n) is 11.4. The van der Waals surface area contributed by atoms with Crippen LogP contribution >= 0.6 is 11.6 Å². The van der Waals surface area contributed by atoms with E-state index in [0.717, 1.165) is 62.3 Å². The van der Waals surface area contributed by atoms with Crippen LogP contribution in [0.25, 0.3) is 10.9 Å². The Balaban J connectivity index is 1.14. The summed E-state index contributed by atoms with van der Waals surface area (Å²) < 4.78 is 45.7. The first-order valence-corrected chi connectivity index (χ1v) is 15.4. The van der Waals surface area contributed by atoms with E-state index in [-0.39, 0.29) is 0 Å². The average Bonchev–Trinajstić information content (AvgIpc) is 3.26. The van der Waals surface area contributed by atoms with E-state index in [4.69, 9.17) is 21.3 Å². The lowest BCUT2D eigenvalue weighted by molar-refractivity contribution is -0.141. The van der Waals surface area contributed by atoms with E-state index >= 15 is 0 Å². The zero-order valence-corrected chi connectivity index (χ0v) is 25.0. The second-order valence-corrected chi connectivity index (χ2v) is 11.9. The number of alkyl halides is 3. The third-order valence-electron chi connectivity index (χ3n) is 8.58. The van der Waals surface area contributed by atoms with Crippen LogP contribution in [-0.2, 0) is 10.2 Å². The predicted molar refractivity (Wildman–Crippen MR) is 167 cm³/mol. The molecular weight excluding hydrogens is 589 g/mol. The van der Waals surface area contributed by atoms with Gasteiger partial charge in [-0.1, -0.05) is 54.4 Å². The van der Waals surface area contributed by atoms with Crippen LogP contribution in [0, 0.1) is 0 Å². The molecular formula is C34H34ClF3N4O2. The van der Waals surface area contributed by atoms with Gasteiger partial charge in [-0.25, -0.2) is 4.98 Å². The van der Waals surface area contributed by atoms with Gasteiger partial charge in [-0.3, -0.25) is 4.79 Å². The van der Waals surface area contributed by atoms with Gasteiger partial charge in [0.25, 0.3) is 0 Å². The van der Waals surface area contributed by atoms with Crippen LogP contribution in [0.2, 0.25) is 5.02 Å². The molecule has 1 saturated heterocycles. The van der Waals surface area contributed by atoms with Crippen LogP contribution in [-0.4, -0.2) is 61.2 Å². The lowest BCUT2D eigenvalue weighted by Crippen LogP contribution is -2.49. The summed E-state index contributed by atoms with van der Waals surface area (Å²) in [6.45, 7) is 3.00. The fourth-order valence-electron chi connectivity index (χ4n) is 6.45. The van der Waals surface area contributed by atoms with E-state index in [2.05, 4.69) is 21.2 Å². The fourth-order valence-corrected chi connectivity index (χ4v) is 6.63. The summed E-state index contributed by atoms with van der Waals surface area (Å²) in [5.41, 5.74) is 0.804. The number of anilines is 1. The molecule has 0 radical (unpaired) electrons. The summed E-state index contributed by atoms with van der Waals surface area (Å²) in [5, 5.41) is 3.90. The first kappa shape index (κ1) is 30.2. The molecule has 1 amide bonds. The van der Waals surface area contributed by atoms with E-state index in [0.29, 0.717) is 40.5 Å². The molecule has 3 heterocycles. The van der Waals surface area contributed by atoms with Crippen molar-refractivity contribution in [2.24, 2.45) is 0 Å². The van der Waals surface area contributed by atoms with Crippen LogP contribution in [0.3, 0.4) is 0 Å². The van der Waals surface area contributed by atoms with Crippen LogP contribution in [0.1, 0.15) is 36.8 Å². The lowest BCUT2D eigenvalue weighted by atomic mass is 9.68. The zero-order chi connectivity index (χ0) is 30.7. The molecule has 0 spiro atoms. The summed E-state index contributed by atoms with van der Waals surface area (Å²) in [5.74, 6) is 1.27. The van der Waals surface area contributed by atoms with Crippen LogP contribution in [0.5, 0.6) is 11.5 Å². The fraction of sp³-hybridized carbons (Fsp3) is 0.353. The van der Waals surface area contributed by atoms with Crippen molar-refractivity contribution in [1.82, 2.24) is 15.2 Å². The number of rotatable bonds is 8. The molecule has 0 aliphatic carbocycles. The van der Waals surface area contributed by atoms with Gasteiger partial charge in [-0.05, 0) is 74.8 Å². The molecule has 1 fully saturated rings. The number of halogens is 4. The van der Waals surface area contributed by atoms with Crippen LogP contribution < -0.4 is 15.0 Å². The average molecular weight is 623 g/mol. The highest BCUT2D eigenvalue weighted by atomic mass is 35.5. The maximum Gasteiger partial charge on any atom is 0.405 e. The largest absolute Gasteiger partial charge is 0.457 e. The number of ether oxygens (including phenoxy) is 1. The number of hydrogen-bond acceptors (Lipinski definition) is 5. The summed E-state index contributed by atoms with van der Waals surface area (Å²) >= 11 is 6.13. The van der Waals surface area contributed by atoms with Crippen molar-refractivity contribution >= 4 is 34.2 Å². The Bertz CT molecular complexity index is 1600. The van der Waals surface area contributed by atoms with E-state index in [1.807, 2.05) is 24.3 Å². The highest BCUT2D eigenvalue weighted by Crippen LogP contribution is 2.50. The molecule has 0 bridgehead atoms. The molecule has 44 heavy (non-hydrogen) atoms. The quantitative estimate of drug-likeness (QED) is 0.208. The number of carbonyl (C=O) groups excluding carboxylic acids is 1. The number of nitrogens with one attached hydrogen (secondary N) is 1. The molecule has 0 atom stereocenters. The van der Waals surface area contributed by atoms with E-state index < -0.39 is 24.0 Å². The standard InChI is InChI=1S/C34H34ClF3N4O2/c35-25-13-14-28-24(22-25)12-15-31(40-28)42-19-7-18-41(20-21-42)17-6-5-16-33(32(43)39-23-34(36,37)38)26-8-1-3-10-29(26)44-30-11-4-2-9-27(30)33/h1-4,8-15,22H,5-7,16-21,23H2,(H,39,43). The lowest BCUT2D eigenvalue weighted by Gasteiger charge is -2.39. The molecule has 0 saturated carbocycles. The maximum absolute atomic E-state index is 13.8. The predicted octanol–water partition coefficient (Wildman–Crippen LogP) is 7.34. The van der Waals surface area contributed by atoms with Crippen molar-refractivity contribution in [3.63, 3.8) is 0 Å². The molecule has 6 rings (SSSR count). The third-order valence-corrected chi connectivity index (χ3v) is 8.81. The molecule has 2 aliphatic rings. The Morgan fingerprint density at radius 2 is 1.64 bits per heavy atom. The summed E-state index contributed by atoms with van der Waals surface area (Å²) in [7, 11) is 0. The maximum atomic E-state index is 13.8. The minimum Gasteiger partial charge on any atom is -0.457 e. The molecule has 2 aliphatic heterocycles.